The maximum Gasteiger partial charge on any atom is 0.0931 e. The molecule has 1 unspecified atom stereocenters. The molecule has 18 heavy (non-hydrogen) atoms. The van der Waals surface area contributed by atoms with E-state index in [4.69, 9.17) is 0 Å². The van der Waals surface area contributed by atoms with Crippen molar-refractivity contribution in [2.45, 2.75) is 47.5 Å². The zero-order valence-corrected chi connectivity index (χ0v) is 13.3. The molecule has 1 N–H and O–H groups in total. The van der Waals surface area contributed by atoms with E-state index >= 15 is 0 Å². The van der Waals surface area contributed by atoms with Crippen molar-refractivity contribution in [2.75, 3.05) is 13.1 Å². The molecule has 0 bridgehead atoms. The molecule has 2 nitrogen and oxygen atoms in total. The fourth-order valence-corrected chi connectivity index (χ4v) is 3.11. The molecule has 0 aliphatic rings. The van der Waals surface area contributed by atoms with Crippen molar-refractivity contribution in [2.24, 2.45) is 17.8 Å². The standard InChI is InChI=1S/C15H28N2S/c1-11(2)6-14(9-16-8-12(3)4)7-15-17-13(5)10-18-15/h10-12,14,16H,6-9H2,1-5H3. The van der Waals surface area contributed by atoms with Crippen LogP contribution in [0, 0.1) is 24.7 Å². The lowest BCUT2D eigenvalue weighted by Gasteiger charge is -2.19. The van der Waals surface area contributed by atoms with Crippen LogP contribution >= 0.6 is 11.3 Å². The van der Waals surface area contributed by atoms with Crippen molar-refractivity contribution in [3.8, 4) is 0 Å². The van der Waals surface area contributed by atoms with Gasteiger partial charge in [0.25, 0.3) is 0 Å². The zero-order valence-electron chi connectivity index (χ0n) is 12.5. The van der Waals surface area contributed by atoms with Crippen LogP contribution in [0.1, 0.15) is 44.8 Å². The summed E-state index contributed by atoms with van der Waals surface area (Å²) >= 11 is 1.81. The van der Waals surface area contributed by atoms with Crippen molar-refractivity contribution in [3.05, 3.63) is 16.1 Å². The number of nitrogens with zero attached hydrogens (tertiary/aromatic N) is 1. The SMILES string of the molecule is Cc1csc(CC(CNCC(C)C)CC(C)C)n1. The van der Waals surface area contributed by atoms with E-state index < -0.39 is 0 Å². The first-order valence-corrected chi connectivity index (χ1v) is 7.97. The van der Waals surface area contributed by atoms with Gasteiger partial charge in [-0.15, -0.1) is 11.3 Å². The van der Waals surface area contributed by atoms with Gasteiger partial charge in [-0.3, -0.25) is 0 Å². The van der Waals surface area contributed by atoms with E-state index in [0.717, 1.165) is 37.0 Å². The van der Waals surface area contributed by atoms with Crippen LogP contribution in [0.3, 0.4) is 0 Å². The highest BCUT2D eigenvalue weighted by Crippen LogP contribution is 2.19. The first kappa shape index (κ1) is 15.6. The second-order valence-corrected chi connectivity index (χ2v) is 7.08. The molecular weight excluding hydrogens is 240 g/mol. The Hall–Kier alpha value is -0.410. The normalized spacial score (nSPS) is 13.5. The number of hydrogen-bond donors (Lipinski definition) is 1. The lowest BCUT2D eigenvalue weighted by Crippen LogP contribution is -2.28. The third kappa shape index (κ3) is 6.50. The number of hydrogen-bond acceptors (Lipinski definition) is 3. The van der Waals surface area contributed by atoms with Gasteiger partial charge in [0.1, 0.15) is 0 Å². The van der Waals surface area contributed by atoms with Crippen molar-refractivity contribution in [3.63, 3.8) is 0 Å². The van der Waals surface area contributed by atoms with Crippen LogP contribution in [-0.2, 0) is 6.42 Å². The Kier molecular flexibility index (Phi) is 6.87. The third-order valence-corrected chi connectivity index (χ3v) is 3.91. The summed E-state index contributed by atoms with van der Waals surface area (Å²) in [6.45, 7) is 13.4. The quantitative estimate of drug-likeness (QED) is 0.773. The van der Waals surface area contributed by atoms with E-state index in [1.165, 1.54) is 11.4 Å². The molecule has 1 heterocycles. The summed E-state index contributed by atoms with van der Waals surface area (Å²) < 4.78 is 0. The predicted molar refractivity (Wildman–Crippen MR) is 81.2 cm³/mol. The van der Waals surface area contributed by atoms with Crippen LogP contribution in [0.5, 0.6) is 0 Å². The Bertz CT molecular complexity index is 331. The monoisotopic (exact) mass is 268 g/mol. The van der Waals surface area contributed by atoms with Gasteiger partial charge in [0.2, 0.25) is 0 Å². The summed E-state index contributed by atoms with van der Waals surface area (Å²) in [5, 5.41) is 7.05. The largest absolute Gasteiger partial charge is 0.316 e. The van der Waals surface area contributed by atoms with Gasteiger partial charge in [-0.05, 0) is 44.2 Å². The Morgan fingerprint density at radius 3 is 2.39 bits per heavy atom. The summed E-state index contributed by atoms with van der Waals surface area (Å²) in [6, 6.07) is 0. The fraction of sp³-hybridized carbons (Fsp3) is 0.800. The summed E-state index contributed by atoms with van der Waals surface area (Å²) in [6.07, 6.45) is 2.41. The topological polar surface area (TPSA) is 24.9 Å². The molecule has 3 heteroatoms. The van der Waals surface area contributed by atoms with Gasteiger partial charge in [-0.1, -0.05) is 27.7 Å². The summed E-state index contributed by atoms with van der Waals surface area (Å²) in [7, 11) is 0. The first-order chi connectivity index (χ1) is 8.47. The minimum absolute atomic E-state index is 0.717. The van der Waals surface area contributed by atoms with Gasteiger partial charge in [0.15, 0.2) is 0 Å². The number of aryl methyl sites for hydroxylation is 1. The fourth-order valence-electron chi connectivity index (χ4n) is 2.23. The minimum Gasteiger partial charge on any atom is -0.316 e. The molecule has 0 amide bonds. The molecule has 0 saturated carbocycles. The zero-order chi connectivity index (χ0) is 13.5. The molecule has 1 aromatic heterocycles. The van der Waals surface area contributed by atoms with Gasteiger partial charge in [0.05, 0.1) is 5.01 Å². The molecule has 0 aliphatic heterocycles. The average Bonchev–Trinajstić information content (AvgIpc) is 2.62. The molecule has 1 atom stereocenters. The molecule has 0 fully saturated rings. The molecule has 1 rings (SSSR count). The van der Waals surface area contributed by atoms with Crippen molar-refractivity contribution < 1.29 is 0 Å². The predicted octanol–water partition coefficient (Wildman–Crippen LogP) is 3.90. The molecule has 0 spiro atoms. The molecular formula is C15H28N2S. The van der Waals surface area contributed by atoms with Gasteiger partial charge >= 0.3 is 0 Å². The average molecular weight is 268 g/mol. The number of rotatable bonds is 8. The summed E-state index contributed by atoms with van der Waals surface area (Å²) in [5.74, 6) is 2.21. The Balaban J connectivity index is 2.44. The van der Waals surface area contributed by atoms with Gasteiger partial charge in [0, 0.05) is 17.5 Å². The third-order valence-electron chi connectivity index (χ3n) is 2.92. The van der Waals surface area contributed by atoms with E-state index in [1.54, 1.807) is 11.3 Å². The molecule has 0 aliphatic carbocycles. The smallest absolute Gasteiger partial charge is 0.0931 e. The van der Waals surface area contributed by atoms with E-state index in [-0.39, 0.29) is 0 Å². The van der Waals surface area contributed by atoms with Crippen LogP contribution in [-0.4, -0.2) is 18.1 Å². The van der Waals surface area contributed by atoms with Crippen molar-refractivity contribution in [1.29, 1.82) is 0 Å². The van der Waals surface area contributed by atoms with Crippen molar-refractivity contribution in [1.82, 2.24) is 10.3 Å². The number of thiazole rings is 1. The molecule has 104 valence electrons. The maximum atomic E-state index is 4.59. The Labute approximate surface area is 116 Å². The van der Waals surface area contributed by atoms with Crippen LogP contribution in [0.25, 0.3) is 0 Å². The van der Waals surface area contributed by atoms with E-state index in [1.807, 2.05) is 0 Å². The van der Waals surface area contributed by atoms with Crippen LogP contribution in [0.4, 0.5) is 0 Å². The van der Waals surface area contributed by atoms with Gasteiger partial charge in [-0.25, -0.2) is 4.98 Å². The maximum absolute atomic E-state index is 4.59. The Morgan fingerprint density at radius 1 is 1.17 bits per heavy atom. The van der Waals surface area contributed by atoms with Gasteiger partial charge < -0.3 is 5.32 Å². The van der Waals surface area contributed by atoms with Crippen LogP contribution in [0.15, 0.2) is 5.38 Å². The molecule has 1 aromatic rings. The van der Waals surface area contributed by atoms with E-state index in [0.29, 0.717) is 5.92 Å². The second kappa shape index (κ2) is 7.90. The van der Waals surface area contributed by atoms with E-state index in [2.05, 4.69) is 50.3 Å². The van der Waals surface area contributed by atoms with E-state index in [9.17, 15) is 0 Å². The highest BCUT2D eigenvalue weighted by molar-refractivity contribution is 7.09. The highest BCUT2D eigenvalue weighted by atomic mass is 32.1. The number of aromatic nitrogens is 1. The lowest BCUT2D eigenvalue weighted by molar-refractivity contribution is 0.376. The van der Waals surface area contributed by atoms with Gasteiger partial charge in [-0.2, -0.15) is 0 Å². The summed E-state index contributed by atoms with van der Waals surface area (Å²) in [4.78, 5) is 4.59. The first-order valence-electron chi connectivity index (χ1n) is 7.09. The summed E-state index contributed by atoms with van der Waals surface area (Å²) in [5.41, 5.74) is 1.16. The lowest BCUT2D eigenvalue weighted by atomic mass is 9.94. The van der Waals surface area contributed by atoms with Crippen LogP contribution < -0.4 is 5.32 Å². The molecule has 0 radical (unpaired) electrons. The highest BCUT2D eigenvalue weighted by Gasteiger charge is 2.13. The molecule has 0 saturated heterocycles. The van der Waals surface area contributed by atoms with Crippen molar-refractivity contribution >= 4 is 11.3 Å². The minimum atomic E-state index is 0.717. The second-order valence-electron chi connectivity index (χ2n) is 6.13. The molecule has 0 aromatic carbocycles. The Morgan fingerprint density at radius 2 is 1.89 bits per heavy atom. The number of nitrogens with one attached hydrogen (secondary N) is 1. The van der Waals surface area contributed by atoms with Crippen LogP contribution in [0.2, 0.25) is 0 Å².